The van der Waals surface area contributed by atoms with Gasteiger partial charge in [-0.25, -0.2) is 0 Å². The summed E-state index contributed by atoms with van der Waals surface area (Å²) in [5, 5.41) is 5.65. The summed E-state index contributed by atoms with van der Waals surface area (Å²) >= 11 is 0. The highest BCUT2D eigenvalue weighted by Gasteiger charge is 2.40. The minimum atomic E-state index is -4.36. The number of rotatable bonds is 4. The van der Waals surface area contributed by atoms with E-state index in [0.29, 0.717) is 0 Å². The van der Waals surface area contributed by atoms with Crippen LogP contribution in [0.2, 0.25) is 0 Å². The van der Waals surface area contributed by atoms with E-state index in [2.05, 4.69) is 41.6 Å². The topological polar surface area (TPSA) is 37.0 Å². The Balaban J connectivity index is 1.69. The van der Waals surface area contributed by atoms with Crippen LogP contribution in [0.3, 0.4) is 0 Å². The van der Waals surface area contributed by atoms with Crippen LogP contribution in [0, 0.1) is 13.8 Å². The summed E-state index contributed by atoms with van der Waals surface area (Å²) in [6, 6.07) is 6.05. The first kappa shape index (κ1) is 17.7. The Labute approximate surface area is 145 Å². The van der Waals surface area contributed by atoms with Crippen molar-refractivity contribution in [1.82, 2.24) is 10.3 Å². The van der Waals surface area contributed by atoms with Gasteiger partial charge in [-0.3, -0.25) is 4.98 Å². The van der Waals surface area contributed by atoms with Crippen LogP contribution in [0.25, 0.3) is 0 Å². The monoisotopic (exact) mass is 349 g/mol. The van der Waals surface area contributed by atoms with Crippen molar-refractivity contribution in [1.29, 1.82) is 0 Å². The third kappa shape index (κ3) is 3.79. The van der Waals surface area contributed by atoms with E-state index in [0.717, 1.165) is 18.5 Å². The Hall–Kier alpha value is -2.08. The number of hydrogen-bond acceptors (Lipinski definition) is 3. The second-order valence-corrected chi connectivity index (χ2v) is 6.69. The van der Waals surface area contributed by atoms with E-state index in [1.165, 1.54) is 41.6 Å². The number of nitrogens with zero attached hydrogens (tertiary/aromatic N) is 1. The predicted octanol–water partition coefficient (Wildman–Crippen LogP) is 4.10. The molecule has 2 aromatic rings. The van der Waals surface area contributed by atoms with Crippen molar-refractivity contribution in [2.75, 3.05) is 12.4 Å². The number of nitrogens with one attached hydrogen (secondary N) is 2. The molecule has 0 radical (unpaired) electrons. The molecule has 0 aliphatic heterocycles. The van der Waals surface area contributed by atoms with Gasteiger partial charge in [-0.1, -0.05) is 12.1 Å². The lowest BCUT2D eigenvalue weighted by Gasteiger charge is -2.19. The average molecular weight is 349 g/mol. The Morgan fingerprint density at radius 2 is 1.68 bits per heavy atom. The summed E-state index contributed by atoms with van der Waals surface area (Å²) < 4.78 is 38.8. The zero-order valence-corrected chi connectivity index (χ0v) is 14.5. The maximum absolute atomic E-state index is 12.9. The Bertz CT molecular complexity index is 723. The van der Waals surface area contributed by atoms with Crippen molar-refractivity contribution in [2.24, 2.45) is 0 Å². The van der Waals surface area contributed by atoms with Crippen molar-refractivity contribution in [2.45, 2.75) is 44.9 Å². The normalized spacial score (nSPS) is 15.9. The first-order valence-electron chi connectivity index (χ1n) is 8.33. The lowest BCUT2D eigenvalue weighted by Crippen LogP contribution is -2.32. The van der Waals surface area contributed by atoms with Crippen LogP contribution in [-0.4, -0.2) is 24.2 Å². The van der Waals surface area contributed by atoms with Gasteiger partial charge >= 0.3 is 6.18 Å². The minimum Gasteiger partial charge on any atom is -0.380 e. The molecule has 25 heavy (non-hydrogen) atoms. The van der Waals surface area contributed by atoms with Crippen LogP contribution in [-0.2, 0) is 12.8 Å². The number of benzene rings is 1. The van der Waals surface area contributed by atoms with Gasteiger partial charge in [0.15, 0.2) is 0 Å². The second-order valence-electron chi connectivity index (χ2n) is 6.69. The summed E-state index contributed by atoms with van der Waals surface area (Å²) in [7, 11) is 1.28. The molecule has 0 saturated heterocycles. The molecule has 0 bridgehead atoms. The van der Waals surface area contributed by atoms with E-state index in [-0.39, 0.29) is 11.7 Å². The molecule has 0 saturated carbocycles. The number of pyridine rings is 1. The van der Waals surface area contributed by atoms with Gasteiger partial charge in [-0.15, -0.1) is 0 Å². The molecular weight excluding hydrogens is 327 g/mol. The molecule has 0 fully saturated rings. The molecule has 1 aromatic heterocycles. The van der Waals surface area contributed by atoms with Gasteiger partial charge in [0, 0.05) is 6.04 Å². The average Bonchev–Trinajstić information content (AvgIpc) is 2.90. The molecule has 0 unspecified atom stereocenters. The van der Waals surface area contributed by atoms with E-state index in [9.17, 15) is 13.2 Å². The number of aromatic nitrogens is 1. The lowest BCUT2D eigenvalue weighted by molar-refractivity contribution is -0.157. The molecule has 0 amide bonds. The van der Waals surface area contributed by atoms with E-state index in [1.807, 2.05) is 0 Å². The summed E-state index contributed by atoms with van der Waals surface area (Å²) in [6.07, 6.45) is -1.05. The zero-order valence-electron chi connectivity index (χ0n) is 14.5. The molecule has 1 aliphatic carbocycles. The van der Waals surface area contributed by atoms with Crippen molar-refractivity contribution in [3.63, 3.8) is 0 Å². The van der Waals surface area contributed by atoms with Crippen LogP contribution in [0.1, 0.15) is 34.0 Å². The summed E-state index contributed by atoms with van der Waals surface area (Å²) in [4.78, 5) is 3.99. The molecule has 134 valence electrons. The van der Waals surface area contributed by atoms with E-state index in [4.69, 9.17) is 0 Å². The molecule has 3 rings (SSSR count). The fourth-order valence-electron chi connectivity index (χ4n) is 3.40. The van der Waals surface area contributed by atoms with Gasteiger partial charge < -0.3 is 10.6 Å². The van der Waals surface area contributed by atoms with Crippen molar-refractivity contribution in [3.05, 3.63) is 58.4 Å². The van der Waals surface area contributed by atoms with Gasteiger partial charge in [0.25, 0.3) is 0 Å². The summed E-state index contributed by atoms with van der Waals surface area (Å²) in [5.41, 5.74) is 5.98. The number of halogens is 3. The van der Waals surface area contributed by atoms with E-state index in [1.54, 1.807) is 6.07 Å². The smallest absolute Gasteiger partial charge is 0.380 e. The molecule has 1 aliphatic rings. The Morgan fingerprint density at radius 1 is 1.08 bits per heavy atom. The first-order valence-corrected chi connectivity index (χ1v) is 8.33. The third-order valence-electron chi connectivity index (χ3n) is 4.82. The van der Waals surface area contributed by atoms with Crippen LogP contribution >= 0.6 is 0 Å². The number of anilines is 1. The number of hydrogen-bond donors (Lipinski definition) is 2. The maximum atomic E-state index is 12.9. The van der Waals surface area contributed by atoms with Gasteiger partial charge in [-0.2, -0.15) is 13.2 Å². The van der Waals surface area contributed by atoms with Gasteiger partial charge in [0.2, 0.25) is 0 Å². The van der Waals surface area contributed by atoms with Crippen LogP contribution in [0.15, 0.2) is 30.5 Å². The number of fused-ring (bicyclic) bond motifs is 1. The van der Waals surface area contributed by atoms with Crippen molar-refractivity contribution < 1.29 is 13.2 Å². The van der Waals surface area contributed by atoms with E-state index < -0.39 is 12.2 Å². The van der Waals surface area contributed by atoms with Crippen LogP contribution < -0.4 is 10.6 Å². The van der Waals surface area contributed by atoms with Crippen molar-refractivity contribution in [3.8, 4) is 0 Å². The zero-order chi connectivity index (χ0) is 18.2. The fourth-order valence-corrected chi connectivity index (χ4v) is 3.40. The Kier molecular flexibility index (Phi) is 4.73. The highest BCUT2D eigenvalue weighted by molar-refractivity contribution is 5.47. The summed E-state index contributed by atoms with van der Waals surface area (Å²) in [5.74, 6) is 0. The fraction of sp³-hybridized carbons (Fsp3) is 0.421. The highest BCUT2D eigenvalue weighted by atomic mass is 19.4. The molecular formula is C19H22F3N3. The molecule has 3 nitrogen and oxygen atoms in total. The summed E-state index contributed by atoms with van der Waals surface area (Å²) in [6.45, 7) is 4.22. The van der Waals surface area contributed by atoms with E-state index >= 15 is 0 Å². The van der Waals surface area contributed by atoms with Gasteiger partial charge in [0.05, 0.1) is 17.6 Å². The van der Waals surface area contributed by atoms with Crippen LogP contribution in [0.5, 0.6) is 0 Å². The number of alkyl halides is 3. The SMILES string of the molecule is CN[C@@H](c1ccc(NC2Cc3cc(C)c(C)cc3C2)cn1)C(F)(F)F. The van der Waals surface area contributed by atoms with Gasteiger partial charge in [-0.05, 0) is 68.1 Å². The molecule has 1 heterocycles. The third-order valence-corrected chi connectivity index (χ3v) is 4.82. The Morgan fingerprint density at radius 3 is 2.12 bits per heavy atom. The number of aryl methyl sites for hydroxylation is 2. The second kappa shape index (κ2) is 6.67. The minimum absolute atomic E-state index is 0.0264. The standard InChI is InChI=1S/C19H22F3N3/c1-11-6-13-8-16(9-14(13)7-12(11)2)25-15-4-5-17(24-10-15)18(23-3)19(20,21)22/h4-7,10,16,18,23,25H,8-9H2,1-3H3/t18-/m0/s1. The molecule has 2 N–H and O–H groups in total. The molecule has 1 aromatic carbocycles. The largest absolute Gasteiger partial charge is 0.409 e. The van der Waals surface area contributed by atoms with Gasteiger partial charge in [0.1, 0.15) is 6.04 Å². The van der Waals surface area contributed by atoms with Crippen molar-refractivity contribution >= 4 is 5.69 Å². The lowest BCUT2D eigenvalue weighted by atomic mass is 10.0. The maximum Gasteiger partial charge on any atom is 0.409 e. The van der Waals surface area contributed by atoms with Crippen LogP contribution in [0.4, 0.5) is 18.9 Å². The highest BCUT2D eigenvalue weighted by Crippen LogP contribution is 2.32. The molecule has 1 atom stereocenters. The molecule has 6 heteroatoms. The quantitative estimate of drug-likeness (QED) is 0.873. The first-order chi connectivity index (χ1) is 11.8. The molecule has 0 spiro atoms. The predicted molar refractivity (Wildman–Crippen MR) is 92.8 cm³/mol.